The number of rotatable bonds is 10. The molecule has 0 amide bonds. The van der Waals surface area contributed by atoms with Gasteiger partial charge in [0.2, 0.25) is 0 Å². The monoisotopic (exact) mass is 338 g/mol. The molecule has 1 aromatic carbocycles. The highest BCUT2D eigenvalue weighted by atomic mass is 16.7. The standard InChI is InChI=1S/C18H26O6/c1-5-10-21-13(3)23-17(19)15-8-7-9-16(12-15)18(20)24-14(4)22-11-6-2/h7-9,12-14H,5-6,10-11H2,1-4H3. The minimum absolute atomic E-state index is 0.263. The number of ether oxygens (including phenoxy) is 4. The Labute approximate surface area is 143 Å². The number of hydrogen-bond acceptors (Lipinski definition) is 6. The highest BCUT2D eigenvalue weighted by Crippen LogP contribution is 2.11. The molecule has 1 aromatic rings. The largest absolute Gasteiger partial charge is 0.432 e. The molecule has 24 heavy (non-hydrogen) atoms. The van der Waals surface area contributed by atoms with E-state index in [0.717, 1.165) is 12.8 Å². The van der Waals surface area contributed by atoms with Gasteiger partial charge in [0, 0.05) is 0 Å². The molecule has 0 aliphatic rings. The first-order valence-electron chi connectivity index (χ1n) is 8.23. The molecule has 6 heteroatoms. The summed E-state index contributed by atoms with van der Waals surface area (Å²) in [6.07, 6.45) is 0.384. The maximum absolute atomic E-state index is 12.1. The number of carbonyl (C=O) groups excluding carboxylic acids is 2. The predicted molar refractivity (Wildman–Crippen MR) is 88.7 cm³/mol. The van der Waals surface area contributed by atoms with Crippen LogP contribution in [0.15, 0.2) is 24.3 Å². The summed E-state index contributed by atoms with van der Waals surface area (Å²) in [6, 6.07) is 6.18. The molecular weight excluding hydrogens is 312 g/mol. The Bertz CT molecular complexity index is 485. The third-order valence-electron chi connectivity index (χ3n) is 2.99. The Balaban J connectivity index is 2.65. The molecule has 0 fully saturated rings. The molecule has 0 aliphatic heterocycles. The topological polar surface area (TPSA) is 71.1 Å². The van der Waals surface area contributed by atoms with E-state index < -0.39 is 24.5 Å². The molecule has 2 atom stereocenters. The zero-order chi connectivity index (χ0) is 17.9. The molecule has 1 rings (SSSR count). The lowest BCUT2D eigenvalue weighted by Gasteiger charge is -2.15. The van der Waals surface area contributed by atoms with Crippen LogP contribution in [0.3, 0.4) is 0 Å². The second-order valence-corrected chi connectivity index (χ2v) is 5.27. The Kier molecular flexibility index (Phi) is 9.04. The van der Waals surface area contributed by atoms with Crippen molar-refractivity contribution in [3.63, 3.8) is 0 Å². The summed E-state index contributed by atoms with van der Waals surface area (Å²) < 4.78 is 20.9. The number of esters is 2. The maximum Gasteiger partial charge on any atom is 0.340 e. The Hall–Kier alpha value is -1.92. The van der Waals surface area contributed by atoms with Gasteiger partial charge in [0.25, 0.3) is 0 Å². The van der Waals surface area contributed by atoms with Crippen molar-refractivity contribution in [2.24, 2.45) is 0 Å². The van der Waals surface area contributed by atoms with Crippen LogP contribution < -0.4 is 0 Å². The minimum Gasteiger partial charge on any atom is -0.432 e. The van der Waals surface area contributed by atoms with Crippen LogP contribution in [0.4, 0.5) is 0 Å². The van der Waals surface area contributed by atoms with Crippen molar-refractivity contribution in [2.75, 3.05) is 13.2 Å². The molecule has 0 aliphatic carbocycles. The summed E-state index contributed by atoms with van der Waals surface area (Å²) in [6.45, 7) is 8.26. The van der Waals surface area contributed by atoms with Gasteiger partial charge < -0.3 is 18.9 Å². The highest BCUT2D eigenvalue weighted by molar-refractivity contribution is 5.95. The Morgan fingerprint density at radius 3 is 1.67 bits per heavy atom. The summed E-state index contributed by atoms with van der Waals surface area (Å²) in [5.41, 5.74) is 0.525. The molecule has 0 saturated heterocycles. The van der Waals surface area contributed by atoms with E-state index >= 15 is 0 Å². The molecule has 0 N–H and O–H groups in total. The second kappa shape index (κ2) is 10.8. The van der Waals surface area contributed by atoms with Crippen LogP contribution in [0.2, 0.25) is 0 Å². The van der Waals surface area contributed by atoms with E-state index in [4.69, 9.17) is 18.9 Å². The molecule has 6 nitrogen and oxygen atoms in total. The van der Waals surface area contributed by atoms with Crippen LogP contribution in [-0.4, -0.2) is 37.7 Å². The van der Waals surface area contributed by atoms with Gasteiger partial charge in [-0.05, 0) is 44.9 Å². The van der Waals surface area contributed by atoms with Crippen LogP contribution in [0.25, 0.3) is 0 Å². The van der Waals surface area contributed by atoms with Gasteiger partial charge >= 0.3 is 11.9 Å². The minimum atomic E-state index is -0.643. The molecule has 134 valence electrons. The fourth-order valence-electron chi connectivity index (χ4n) is 1.85. The van der Waals surface area contributed by atoms with Crippen molar-refractivity contribution < 1.29 is 28.5 Å². The van der Waals surface area contributed by atoms with E-state index in [1.165, 1.54) is 6.07 Å². The van der Waals surface area contributed by atoms with Gasteiger partial charge in [-0.3, -0.25) is 0 Å². The number of benzene rings is 1. The normalized spacial score (nSPS) is 13.2. The predicted octanol–water partition coefficient (Wildman–Crippen LogP) is 3.55. The summed E-state index contributed by atoms with van der Waals surface area (Å²) in [4.78, 5) is 24.2. The quantitative estimate of drug-likeness (QED) is 0.480. The first-order valence-corrected chi connectivity index (χ1v) is 8.23. The molecule has 0 spiro atoms. The average molecular weight is 338 g/mol. The van der Waals surface area contributed by atoms with E-state index in [2.05, 4.69) is 0 Å². The first kappa shape index (κ1) is 20.1. The molecule has 0 saturated carbocycles. The van der Waals surface area contributed by atoms with Gasteiger partial charge in [-0.15, -0.1) is 0 Å². The zero-order valence-corrected chi connectivity index (χ0v) is 14.7. The third-order valence-corrected chi connectivity index (χ3v) is 2.99. The fraction of sp³-hybridized carbons (Fsp3) is 0.556. The zero-order valence-electron chi connectivity index (χ0n) is 14.7. The van der Waals surface area contributed by atoms with E-state index in [0.29, 0.717) is 13.2 Å². The van der Waals surface area contributed by atoms with Crippen LogP contribution in [0.5, 0.6) is 0 Å². The molecule has 0 heterocycles. The lowest BCUT2D eigenvalue weighted by molar-refractivity contribution is -0.0979. The Morgan fingerprint density at radius 2 is 1.29 bits per heavy atom. The van der Waals surface area contributed by atoms with Crippen molar-refractivity contribution in [3.05, 3.63) is 35.4 Å². The van der Waals surface area contributed by atoms with Crippen LogP contribution in [0, 0.1) is 0 Å². The molecule has 0 bridgehead atoms. The summed E-state index contributed by atoms with van der Waals surface area (Å²) in [7, 11) is 0. The first-order chi connectivity index (χ1) is 11.5. The SMILES string of the molecule is CCCOC(C)OC(=O)c1cccc(C(=O)OC(C)OCCC)c1. The van der Waals surface area contributed by atoms with Gasteiger partial charge in [0.1, 0.15) is 0 Å². The highest BCUT2D eigenvalue weighted by Gasteiger charge is 2.16. The molecule has 0 radical (unpaired) electrons. The summed E-state index contributed by atoms with van der Waals surface area (Å²) >= 11 is 0. The van der Waals surface area contributed by atoms with Gasteiger partial charge in [0.05, 0.1) is 24.3 Å². The lowest BCUT2D eigenvalue weighted by atomic mass is 10.1. The van der Waals surface area contributed by atoms with E-state index in [-0.39, 0.29) is 11.1 Å². The van der Waals surface area contributed by atoms with Gasteiger partial charge in [-0.1, -0.05) is 19.9 Å². The smallest absolute Gasteiger partial charge is 0.340 e. The van der Waals surface area contributed by atoms with E-state index in [1.807, 2.05) is 13.8 Å². The summed E-state index contributed by atoms with van der Waals surface area (Å²) in [5.74, 6) is -1.10. The van der Waals surface area contributed by atoms with E-state index in [9.17, 15) is 9.59 Å². The average Bonchev–Trinajstić information content (AvgIpc) is 2.58. The van der Waals surface area contributed by atoms with Crippen molar-refractivity contribution in [1.82, 2.24) is 0 Å². The maximum atomic E-state index is 12.1. The van der Waals surface area contributed by atoms with Crippen molar-refractivity contribution >= 4 is 11.9 Å². The second-order valence-electron chi connectivity index (χ2n) is 5.27. The van der Waals surface area contributed by atoms with E-state index in [1.54, 1.807) is 32.0 Å². The van der Waals surface area contributed by atoms with Crippen molar-refractivity contribution in [3.8, 4) is 0 Å². The fourth-order valence-corrected chi connectivity index (χ4v) is 1.85. The van der Waals surface area contributed by atoms with Crippen LogP contribution >= 0.6 is 0 Å². The van der Waals surface area contributed by atoms with Gasteiger partial charge in [0.15, 0.2) is 12.6 Å². The van der Waals surface area contributed by atoms with Crippen molar-refractivity contribution in [1.29, 1.82) is 0 Å². The lowest BCUT2D eigenvalue weighted by Crippen LogP contribution is -2.20. The number of hydrogen-bond donors (Lipinski definition) is 0. The number of carbonyl (C=O) groups is 2. The molecule has 0 aromatic heterocycles. The molecular formula is C18H26O6. The van der Waals surface area contributed by atoms with Crippen LogP contribution in [0.1, 0.15) is 61.3 Å². The third kappa shape index (κ3) is 7.10. The van der Waals surface area contributed by atoms with Crippen molar-refractivity contribution in [2.45, 2.75) is 53.1 Å². The van der Waals surface area contributed by atoms with Crippen LogP contribution in [-0.2, 0) is 18.9 Å². The molecule has 2 unspecified atom stereocenters. The van der Waals surface area contributed by atoms with Gasteiger partial charge in [-0.2, -0.15) is 0 Å². The Morgan fingerprint density at radius 1 is 0.875 bits per heavy atom. The summed E-state index contributed by atoms with van der Waals surface area (Å²) in [5, 5.41) is 0. The van der Waals surface area contributed by atoms with Gasteiger partial charge in [-0.25, -0.2) is 9.59 Å².